The molecule has 1 heterocycles. The van der Waals surface area contributed by atoms with Crippen LogP contribution in [-0.4, -0.2) is 27.6 Å². The molecule has 0 atom stereocenters. The van der Waals surface area contributed by atoms with E-state index in [9.17, 15) is 4.79 Å². The summed E-state index contributed by atoms with van der Waals surface area (Å²) in [6.07, 6.45) is 7.13. The molecule has 1 fully saturated rings. The molecule has 1 aliphatic rings. The van der Waals surface area contributed by atoms with Crippen molar-refractivity contribution in [3.05, 3.63) is 11.6 Å². The maximum absolute atomic E-state index is 12.0. The molecule has 0 bridgehead atoms. The van der Waals surface area contributed by atoms with E-state index < -0.39 is 0 Å². The standard InChI is InChI=1S/C15H26N4O/c1-4-5-6-9-15(2,3)10-16-14(20)13-17-12(18-19-13)11-7-8-11/h11H,4-10H2,1-3H3,(H,16,20)(H,17,18,19). The van der Waals surface area contributed by atoms with Crippen molar-refractivity contribution in [3.63, 3.8) is 0 Å². The highest BCUT2D eigenvalue weighted by atomic mass is 16.2. The highest BCUT2D eigenvalue weighted by Crippen LogP contribution is 2.37. The smallest absolute Gasteiger partial charge is 0.290 e. The van der Waals surface area contributed by atoms with E-state index in [1.807, 2.05) is 0 Å². The number of carbonyl (C=O) groups excluding carboxylic acids is 1. The fraction of sp³-hybridized carbons (Fsp3) is 0.800. The highest BCUT2D eigenvalue weighted by molar-refractivity contribution is 5.90. The lowest BCUT2D eigenvalue weighted by Crippen LogP contribution is -2.34. The number of hydrogen-bond acceptors (Lipinski definition) is 3. The summed E-state index contributed by atoms with van der Waals surface area (Å²) in [6.45, 7) is 7.26. The molecule has 5 nitrogen and oxygen atoms in total. The molecule has 0 unspecified atom stereocenters. The van der Waals surface area contributed by atoms with Gasteiger partial charge in [0.1, 0.15) is 5.82 Å². The number of amides is 1. The van der Waals surface area contributed by atoms with Crippen LogP contribution in [-0.2, 0) is 0 Å². The quantitative estimate of drug-likeness (QED) is 0.718. The van der Waals surface area contributed by atoms with Crippen molar-refractivity contribution < 1.29 is 4.79 Å². The number of hydrogen-bond donors (Lipinski definition) is 2. The molecule has 5 heteroatoms. The zero-order chi connectivity index (χ0) is 14.6. The second-order valence-corrected chi connectivity index (χ2v) is 6.62. The van der Waals surface area contributed by atoms with Crippen molar-refractivity contribution in [3.8, 4) is 0 Å². The minimum absolute atomic E-state index is 0.125. The number of H-pyrrole nitrogens is 1. The Labute approximate surface area is 120 Å². The van der Waals surface area contributed by atoms with E-state index in [-0.39, 0.29) is 17.1 Å². The van der Waals surface area contributed by atoms with E-state index in [4.69, 9.17) is 0 Å². The van der Waals surface area contributed by atoms with E-state index in [0.29, 0.717) is 12.5 Å². The van der Waals surface area contributed by atoms with Crippen molar-refractivity contribution >= 4 is 5.91 Å². The lowest BCUT2D eigenvalue weighted by atomic mass is 9.87. The maximum atomic E-state index is 12.0. The predicted octanol–water partition coefficient (Wildman–Crippen LogP) is 3.02. The lowest BCUT2D eigenvalue weighted by Gasteiger charge is -2.24. The number of aromatic nitrogens is 3. The number of aromatic amines is 1. The van der Waals surface area contributed by atoms with Gasteiger partial charge >= 0.3 is 0 Å². The zero-order valence-corrected chi connectivity index (χ0v) is 12.8. The van der Waals surface area contributed by atoms with Crippen molar-refractivity contribution in [2.75, 3.05) is 6.54 Å². The monoisotopic (exact) mass is 278 g/mol. The summed E-state index contributed by atoms with van der Waals surface area (Å²) in [7, 11) is 0. The molecular weight excluding hydrogens is 252 g/mol. The van der Waals surface area contributed by atoms with Gasteiger partial charge in [-0.1, -0.05) is 40.0 Å². The largest absolute Gasteiger partial charge is 0.349 e. The summed E-state index contributed by atoms with van der Waals surface area (Å²) >= 11 is 0. The van der Waals surface area contributed by atoms with Crippen molar-refractivity contribution in [2.24, 2.45) is 5.41 Å². The summed E-state index contributed by atoms with van der Waals surface area (Å²) < 4.78 is 0. The Morgan fingerprint density at radius 2 is 2.15 bits per heavy atom. The van der Waals surface area contributed by atoms with Crippen molar-refractivity contribution in [1.82, 2.24) is 20.5 Å². The van der Waals surface area contributed by atoms with Gasteiger partial charge in [-0.25, -0.2) is 4.98 Å². The van der Waals surface area contributed by atoms with Crippen LogP contribution in [0, 0.1) is 5.41 Å². The second-order valence-electron chi connectivity index (χ2n) is 6.62. The number of rotatable bonds is 8. The van der Waals surface area contributed by atoms with Gasteiger partial charge in [0.05, 0.1) is 0 Å². The Hall–Kier alpha value is -1.39. The van der Waals surface area contributed by atoms with Gasteiger partial charge in [0, 0.05) is 12.5 Å². The van der Waals surface area contributed by atoms with E-state index >= 15 is 0 Å². The first-order valence-electron chi connectivity index (χ1n) is 7.72. The Morgan fingerprint density at radius 1 is 1.40 bits per heavy atom. The summed E-state index contributed by atoms with van der Waals surface area (Å²) in [4.78, 5) is 16.3. The first kappa shape index (κ1) is 15.0. The summed E-state index contributed by atoms with van der Waals surface area (Å²) in [5.41, 5.74) is 0.125. The third-order valence-corrected chi connectivity index (χ3v) is 3.85. The van der Waals surface area contributed by atoms with E-state index in [2.05, 4.69) is 41.3 Å². The summed E-state index contributed by atoms with van der Waals surface area (Å²) in [5.74, 6) is 1.46. The second kappa shape index (κ2) is 6.37. The molecule has 1 amide bonds. The van der Waals surface area contributed by atoms with Crippen LogP contribution in [0.3, 0.4) is 0 Å². The van der Waals surface area contributed by atoms with Gasteiger partial charge in [0.15, 0.2) is 0 Å². The topological polar surface area (TPSA) is 70.7 Å². The normalized spacial score (nSPS) is 15.3. The molecule has 112 valence electrons. The van der Waals surface area contributed by atoms with Crippen LogP contribution in [0.1, 0.15) is 81.7 Å². The maximum Gasteiger partial charge on any atom is 0.290 e. The summed E-state index contributed by atoms with van der Waals surface area (Å²) in [6, 6.07) is 0. The SMILES string of the molecule is CCCCCC(C)(C)CNC(=O)c1n[nH]c(C2CC2)n1. The molecule has 0 aromatic carbocycles. The Bertz CT molecular complexity index is 448. The van der Waals surface area contributed by atoms with Crippen LogP contribution in [0.25, 0.3) is 0 Å². The number of unbranched alkanes of at least 4 members (excludes halogenated alkanes) is 2. The van der Waals surface area contributed by atoms with Crippen LogP contribution in [0.15, 0.2) is 0 Å². The molecule has 0 aliphatic heterocycles. The van der Waals surface area contributed by atoms with E-state index in [1.165, 1.54) is 19.3 Å². The first-order chi connectivity index (χ1) is 9.52. The van der Waals surface area contributed by atoms with E-state index in [1.54, 1.807) is 0 Å². The molecule has 0 saturated heterocycles. The molecule has 0 radical (unpaired) electrons. The van der Waals surface area contributed by atoms with E-state index in [0.717, 1.165) is 25.1 Å². The first-order valence-corrected chi connectivity index (χ1v) is 7.72. The van der Waals surface area contributed by atoms with Crippen LogP contribution in [0.4, 0.5) is 0 Å². The Morgan fingerprint density at radius 3 is 2.80 bits per heavy atom. The Balaban J connectivity index is 1.78. The minimum Gasteiger partial charge on any atom is -0.349 e. The third-order valence-electron chi connectivity index (χ3n) is 3.85. The molecular formula is C15H26N4O. The molecule has 1 saturated carbocycles. The molecule has 0 spiro atoms. The molecule has 1 aromatic heterocycles. The van der Waals surface area contributed by atoms with Gasteiger partial charge in [-0.2, -0.15) is 0 Å². The van der Waals surface area contributed by atoms with Crippen LogP contribution in [0.5, 0.6) is 0 Å². The molecule has 1 aromatic rings. The lowest BCUT2D eigenvalue weighted by molar-refractivity contribution is 0.0924. The number of nitrogens with one attached hydrogen (secondary N) is 2. The van der Waals surface area contributed by atoms with Crippen LogP contribution < -0.4 is 5.32 Å². The highest BCUT2D eigenvalue weighted by Gasteiger charge is 2.28. The summed E-state index contributed by atoms with van der Waals surface area (Å²) in [5, 5.41) is 9.83. The van der Waals surface area contributed by atoms with Gasteiger partial charge < -0.3 is 5.32 Å². The van der Waals surface area contributed by atoms with Crippen LogP contribution >= 0.6 is 0 Å². The molecule has 2 N–H and O–H groups in total. The number of nitrogens with zero attached hydrogens (tertiary/aromatic N) is 2. The average Bonchev–Trinajstić information content (AvgIpc) is 3.14. The molecule has 20 heavy (non-hydrogen) atoms. The predicted molar refractivity (Wildman–Crippen MR) is 78.6 cm³/mol. The molecule has 1 aliphatic carbocycles. The van der Waals surface area contributed by atoms with Crippen molar-refractivity contribution in [2.45, 2.75) is 65.2 Å². The van der Waals surface area contributed by atoms with Gasteiger partial charge in [0.2, 0.25) is 5.82 Å². The zero-order valence-electron chi connectivity index (χ0n) is 12.8. The minimum atomic E-state index is -0.170. The average molecular weight is 278 g/mol. The fourth-order valence-electron chi connectivity index (χ4n) is 2.26. The van der Waals surface area contributed by atoms with Crippen molar-refractivity contribution in [1.29, 1.82) is 0 Å². The van der Waals surface area contributed by atoms with Gasteiger partial charge in [-0.3, -0.25) is 9.89 Å². The van der Waals surface area contributed by atoms with Gasteiger partial charge in [-0.05, 0) is 24.7 Å². The Kier molecular flexibility index (Phi) is 4.78. The number of carbonyl (C=O) groups is 1. The van der Waals surface area contributed by atoms with Gasteiger partial charge in [0.25, 0.3) is 5.91 Å². The van der Waals surface area contributed by atoms with Crippen LogP contribution in [0.2, 0.25) is 0 Å². The van der Waals surface area contributed by atoms with Gasteiger partial charge in [-0.15, -0.1) is 5.10 Å². The molecule has 2 rings (SSSR count). The fourth-order valence-corrected chi connectivity index (χ4v) is 2.26. The third kappa shape index (κ3) is 4.32.